The number of nitrogens with zero attached hydrogens (tertiary/aromatic N) is 10. The fraction of sp³-hybridized carbons (Fsp3) is 0.414. The summed E-state index contributed by atoms with van der Waals surface area (Å²) >= 11 is 0. The van der Waals surface area contributed by atoms with Crippen molar-refractivity contribution in [1.82, 2.24) is 81.1 Å². The van der Waals surface area contributed by atoms with E-state index in [1.165, 1.54) is 11.1 Å². The van der Waals surface area contributed by atoms with E-state index in [1.54, 1.807) is 24.8 Å². The number of aromatic nitrogens is 16. The van der Waals surface area contributed by atoms with Gasteiger partial charge < -0.3 is 31.9 Å². The van der Waals surface area contributed by atoms with Crippen LogP contribution >= 0.6 is 0 Å². The molecule has 0 spiro atoms. The molecule has 0 saturated carbocycles. The van der Waals surface area contributed by atoms with Gasteiger partial charge in [-0.1, -0.05) is 162 Å². The lowest BCUT2D eigenvalue weighted by Crippen LogP contribution is -2.42. The van der Waals surface area contributed by atoms with Crippen LogP contribution in [0.3, 0.4) is 0 Å². The highest BCUT2D eigenvalue weighted by atomic mass is 16.1. The number of fused-ring (bicyclic) bond motifs is 6. The number of carbonyl (C=O) groups is 6. The Morgan fingerprint density at radius 2 is 0.507 bits per heavy atom. The van der Waals surface area contributed by atoms with Gasteiger partial charge in [0, 0.05) is 229 Å². The molecule has 0 fully saturated rings. The SMILES string of the molecule is Cc1[nH]nc2c1C(C)(c1ccccc1)C1=C(CC(C)(C)CC1=O)N2.Cc1[nH]nc2c1C(C)(c1cccnc1)C1=C(CC(C)(C)CC1=O)N2.Cc1[nH]nc2c1C(C)(c1cccnc1)C1=C(CC(C)(C)CC1=O)N2.Cc1[nH]nc2c1C(C)(c1cccnc1)C1=C(CC(C)(C)CC1=O)N2.Cc1[nH]nc2c1C(c1cccnc1)C1=C(CC(C)(C)CC1=O)N2.Cc1ccccc1C1(C)C2=C(CC(C)(C)CC2=O)Nc2n[nH]c(C)c21. The van der Waals surface area contributed by atoms with Crippen LogP contribution in [-0.4, -0.2) is 116 Å². The number of aryl methyl sites for hydroxylation is 7. The van der Waals surface area contributed by atoms with E-state index in [1.807, 2.05) is 139 Å². The zero-order valence-corrected chi connectivity index (χ0v) is 87.4. The summed E-state index contributed by atoms with van der Waals surface area (Å²) in [4.78, 5) is 95.9. The number of H-pyrrole nitrogens is 6. The number of aromatic amines is 6. The maximum atomic E-state index is 13.3. The number of ketones is 6. The highest BCUT2D eigenvalue weighted by molar-refractivity contribution is 6.07. The summed E-state index contributed by atoms with van der Waals surface area (Å²) in [5.41, 5.74) is 28.6. The summed E-state index contributed by atoms with van der Waals surface area (Å²) in [6.07, 6.45) is 23.0. The van der Waals surface area contributed by atoms with Gasteiger partial charge in [-0.15, -0.1) is 0 Å². The number of rotatable bonds is 6. The monoisotopic (exact) mass is 1930 g/mol. The molecule has 28 heteroatoms. The second-order valence-electron chi connectivity index (χ2n) is 47.3. The standard InChI is InChI=1S/C21H25N3O.C20H23N3O.3C19H22N4O.C18H20N4O/c1-12-8-6-7-9-14(12)21(5)17-13(2)23-24-19(17)22-15-10-20(3,4)11-16(25)18(15)21;1-12-16-18(23-22-12)21-14-10-19(2,3)11-15(24)17(14)20(16,4)13-8-6-5-7-9-13;3*1-11-15-17(23-22-11)21-13-8-18(2,3)9-14(24)16(13)19(15,4)12-6-5-7-20-10-12;1-10-14-15(11-5-4-6-19-9-11)16-12(20-17(14)22-21-10)7-18(2,3)8-13(16)23/h6-9H,10-11H2,1-5H3,(H2,22,23,24);5-9H,10-11H2,1-4H3,(H2,21,22,23);3*5-7,10H,8-9H2,1-4H3,(H2,21,22,23);4-6,9,15H,7-8H2,1-3H3,(H2,20,21,22). The normalized spacial score (nSPS) is 24.6. The van der Waals surface area contributed by atoms with Crippen molar-refractivity contribution in [3.05, 3.63) is 327 Å². The Morgan fingerprint density at radius 1 is 0.250 bits per heavy atom. The molecule has 10 aromatic heterocycles. The molecular formula is C116H134N22O6. The van der Waals surface area contributed by atoms with E-state index in [9.17, 15) is 28.8 Å². The Kier molecular flexibility index (Phi) is 24.3. The van der Waals surface area contributed by atoms with Crippen molar-refractivity contribution < 1.29 is 28.8 Å². The van der Waals surface area contributed by atoms with Crippen LogP contribution < -0.4 is 31.9 Å². The molecule has 16 heterocycles. The predicted molar refractivity (Wildman–Crippen MR) is 561 cm³/mol. The first-order valence-electron chi connectivity index (χ1n) is 50.3. The van der Waals surface area contributed by atoms with Gasteiger partial charge in [0.2, 0.25) is 0 Å². The molecule has 6 aliphatic heterocycles. The van der Waals surface area contributed by atoms with E-state index in [0.29, 0.717) is 38.5 Å². The lowest BCUT2D eigenvalue weighted by Gasteiger charge is -2.44. The van der Waals surface area contributed by atoms with Gasteiger partial charge in [0.1, 0.15) is 0 Å². The summed E-state index contributed by atoms with van der Waals surface area (Å²) in [5.74, 6) is 6.28. The average Bonchev–Trinajstić information content (AvgIpc) is 1.43. The third-order valence-electron chi connectivity index (χ3n) is 32.0. The minimum Gasteiger partial charge on any atom is -0.342 e. The van der Waals surface area contributed by atoms with Gasteiger partial charge >= 0.3 is 0 Å². The van der Waals surface area contributed by atoms with E-state index < -0.39 is 27.1 Å². The van der Waals surface area contributed by atoms with Crippen molar-refractivity contribution in [2.24, 2.45) is 32.5 Å². The van der Waals surface area contributed by atoms with Crippen LogP contribution in [0.25, 0.3) is 0 Å². The molecule has 0 bridgehead atoms. The number of carbonyl (C=O) groups excluding carboxylic acids is 6. The lowest BCUT2D eigenvalue weighted by atomic mass is 9.61. The summed E-state index contributed by atoms with van der Waals surface area (Å²) < 4.78 is 0. The predicted octanol–water partition coefficient (Wildman–Crippen LogP) is 22.3. The minimum absolute atomic E-state index is 0.0226. The van der Waals surface area contributed by atoms with Crippen molar-refractivity contribution in [1.29, 1.82) is 0 Å². The Balaban J connectivity index is 0.000000109. The van der Waals surface area contributed by atoms with Crippen LogP contribution in [0.15, 0.2) is 220 Å². The minimum atomic E-state index is -0.533. The number of pyridine rings is 4. The second-order valence-corrected chi connectivity index (χ2v) is 47.3. The van der Waals surface area contributed by atoms with Crippen molar-refractivity contribution in [2.45, 2.75) is 276 Å². The first-order valence-corrected chi connectivity index (χ1v) is 50.3. The van der Waals surface area contributed by atoms with Crippen molar-refractivity contribution in [2.75, 3.05) is 31.9 Å². The number of benzene rings is 2. The second kappa shape index (κ2) is 35.6. The number of Topliss-reactive ketones (excluding diaryl/α,β-unsaturated/α-hetero) is 6. The average molecular weight is 1930 g/mol. The van der Waals surface area contributed by atoms with Crippen LogP contribution in [0.2, 0.25) is 0 Å². The molecule has 144 heavy (non-hydrogen) atoms. The molecule has 6 unspecified atom stereocenters. The highest BCUT2D eigenvalue weighted by Gasteiger charge is 2.57. The van der Waals surface area contributed by atoms with Crippen molar-refractivity contribution >= 4 is 69.6 Å². The third-order valence-corrected chi connectivity index (χ3v) is 32.0. The van der Waals surface area contributed by atoms with Gasteiger partial charge in [0.25, 0.3) is 0 Å². The maximum absolute atomic E-state index is 13.3. The van der Waals surface area contributed by atoms with E-state index >= 15 is 0 Å². The number of hydrogen-bond acceptors (Lipinski definition) is 22. The van der Waals surface area contributed by atoms with Crippen LogP contribution in [0, 0.1) is 81.0 Å². The zero-order valence-electron chi connectivity index (χ0n) is 87.4. The molecule has 6 aliphatic carbocycles. The van der Waals surface area contributed by atoms with Crippen LogP contribution in [-0.2, 0) is 55.8 Å². The number of hydrogen-bond donors (Lipinski definition) is 12. The van der Waals surface area contributed by atoms with E-state index in [2.05, 4.69) is 268 Å². The van der Waals surface area contributed by atoms with Gasteiger partial charge in [-0.25, -0.2) is 0 Å². The van der Waals surface area contributed by atoms with Crippen molar-refractivity contribution in [3.8, 4) is 0 Å². The molecule has 0 saturated heterocycles. The highest BCUT2D eigenvalue weighted by Crippen LogP contribution is 2.61. The Bertz CT molecular complexity index is 6860. The number of anilines is 6. The number of allylic oxidation sites excluding steroid dienone is 12. The molecule has 12 aromatic rings. The molecule has 2 aromatic carbocycles. The quantitative estimate of drug-likeness (QED) is 0.0735. The molecule has 12 aliphatic rings. The fourth-order valence-electron chi connectivity index (χ4n) is 26.2. The molecule has 6 atom stereocenters. The van der Waals surface area contributed by atoms with Crippen LogP contribution in [0.1, 0.15) is 307 Å². The van der Waals surface area contributed by atoms with E-state index in [0.717, 1.165) is 236 Å². The molecule has 744 valence electrons. The van der Waals surface area contributed by atoms with Gasteiger partial charge in [-0.3, -0.25) is 79.3 Å². The molecule has 12 N–H and O–H groups in total. The van der Waals surface area contributed by atoms with E-state index in [-0.39, 0.29) is 73.1 Å². The molecule has 0 amide bonds. The van der Waals surface area contributed by atoms with Gasteiger partial charge in [0.05, 0.1) is 27.1 Å². The van der Waals surface area contributed by atoms with Gasteiger partial charge in [-0.2, -0.15) is 30.6 Å². The molecule has 28 nitrogen and oxygen atoms in total. The summed E-state index contributed by atoms with van der Waals surface area (Å²) in [5, 5.41) is 65.8. The lowest BCUT2D eigenvalue weighted by molar-refractivity contribution is -0.119. The van der Waals surface area contributed by atoms with Gasteiger partial charge in [-0.05, 0) is 217 Å². The maximum Gasteiger partial charge on any atom is 0.162 e. The molecular weight excluding hydrogens is 1800 g/mol. The van der Waals surface area contributed by atoms with Crippen LogP contribution in [0.5, 0.6) is 0 Å². The third kappa shape index (κ3) is 16.8. The summed E-state index contributed by atoms with van der Waals surface area (Å²) in [7, 11) is 0. The Hall–Kier alpha value is -14.4. The molecule has 0 radical (unpaired) electrons. The van der Waals surface area contributed by atoms with Crippen molar-refractivity contribution in [3.63, 3.8) is 0 Å². The summed E-state index contributed by atoms with van der Waals surface area (Å²) in [6.45, 7) is 50.7. The van der Waals surface area contributed by atoms with Gasteiger partial charge in [0.15, 0.2) is 69.6 Å². The summed E-state index contributed by atoms with van der Waals surface area (Å²) in [6, 6.07) is 34.6. The molecule has 24 rings (SSSR count). The zero-order chi connectivity index (χ0) is 103. The Morgan fingerprint density at radius 3 is 0.819 bits per heavy atom. The topological polar surface area (TPSA) is 398 Å². The fourth-order valence-corrected chi connectivity index (χ4v) is 26.2. The van der Waals surface area contributed by atoms with Crippen LogP contribution in [0.4, 0.5) is 34.9 Å². The largest absolute Gasteiger partial charge is 0.342 e. The Labute approximate surface area is 841 Å². The first-order chi connectivity index (χ1) is 68.0. The first kappa shape index (κ1) is 98.3. The number of nitrogens with one attached hydrogen (secondary N) is 12. The smallest absolute Gasteiger partial charge is 0.162 e. The van der Waals surface area contributed by atoms with E-state index in [4.69, 9.17) is 0 Å².